The van der Waals surface area contributed by atoms with Crippen molar-refractivity contribution in [2.24, 2.45) is 0 Å². The highest BCUT2D eigenvalue weighted by atomic mass is 32.2. The maximum absolute atomic E-state index is 14.6. The van der Waals surface area contributed by atoms with E-state index in [1.54, 1.807) is 58.2 Å². The van der Waals surface area contributed by atoms with Crippen LogP contribution in [0.2, 0.25) is 0 Å². The molecule has 0 fully saturated rings. The highest BCUT2D eigenvalue weighted by molar-refractivity contribution is 7.98. The Labute approximate surface area is 292 Å². The number of rotatable bonds is 16. The Hall–Kier alpha value is -3.53. The third-order valence-corrected chi connectivity index (χ3v) is 7.94. The van der Waals surface area contributed by atoms with Gasteiger partial charge in [0.2, 0.25) is 11.8 Å². The summed E-state index contributed by atoms with van der Waals surface area (Å²) in [7, 11) is 0. The molecule has 48 heavy (non-hydrogen) atoms. The van der Waals surface area contributed by atoms with Gasteiger partial charge in [-0.3, -0.25) is 9.59 Å². The third kappa shape index (κ3) is 14.3. The topological polar surface area (TPSA) is 114 Å². The molecule has 0 aromatic heterocycles. The highest BCUT2D eigenvalue weighted by Gasteiger charge is 2.38. The lowest BCUT2D eigenvalue weighted by Crippen LogP contribution is -2.55. The molecule has 0 aliphatic rings. The van der Waals surface area contributed by atoms with Crippen molar-refractivity contribution in [3.05, 3.63) is 70.8 Å². The van der Waals surface area contributed by atoms with E-state index in [9.17, 15) is 19.2 Å². The number of ether oxygens (including phenoxy) is 2. The summed E-state index contributed by atoms with van der Waals surface area (Å²) in [5.41, 5.74) is 1.81. The van der Waals surface area contributed by atoms with Gasteiger partial charge < -0.3 is 25.0 Å². The van der Waals surface area contributed by atoms with E-state index in [1.807, 2.05) is 68.6 Å². The molecular weight excluding hydrogens is 627 g/mol. The molecule has 9 nitrogen and oxygen atoms in total. The minimum atomic E-state index is -1.08. The number of carbonyl (C=O) groups excluding carboxylic acids is 4. The number of benzene rings is 2. The first-order valence-corrected chi connectivity index (χ1v) is 18.3. The van der Waals surface area contributed by atoms with Crippen LogP contribution in [0.3, 0.4) is 0 Å². The van der Waals surface area contributed by atoms with E-state index in [4.69, 9.17) is 9.47 Å². The number of hydrogen-bond donors (Lipinski definition) is 2. The molecule has 0 saturated carbocycles. The molecule has 3 atom stereocenters. The Balaban J connectivity index is 2.66. The maximum atomic E-state index is 14.6. The van der Waals surface area contributed by atoms with E-state index in [0.717, 1.165) is 29.5 Å². The van der Waals surface area contributed by atoms with Crippen LogP contribution in [0.15, 0.2) is 48.5 Å². The molecular formula is C38H57N3O6S. The molecule has 2 aromatic rings. The molecule has 3 unspecified atom stereocenters. The van der Waals surface area contributed by atoms with Crippen molar-refractivity contribution in [2.75, 3.05) is 18.6 Å². The standard InChI is InChI=1S/C38H57N3O6S/c1-11-12-16-20-41(34(43)30(19-21-48-10)40-36(45)47-38(7,8)9)32(29-23-26(2)22-27(3)24-29)33(42)39-31(35(44)46-37(4,5)6)25-28-17-14-13-15-18-28/h13-15,17-18,22-24,30-32H,11-12,16,19-21,25H2,1-10H3,(H,39,42)(H,40,45). The predicted octanol–water partition coefficient (Wildman–Crippen LogP) is 7.08. The van der Waals surface area contributed by atoms with Crippen LogP contribution in [0.1, 0.15) is 102 Å². The summed E-state index contributed by atoms with van der Waals surface area (Å²) in [6.45, 7) is 16.9. The molecule has 3 amide bonds. The maximum Gasteiger partial charge on any atom is 0.408 e. The minimum Gasteiger partial charge on any atom is -0.458 e. The van der Waals surface area contributed by atoms with Gasteiger partial charge in [-0.05, 0) is 91.4 Å². The van der Waals surface area contributed by atoms with Crippen molar-refractivity contribution in [3.63, 3.8) is 0 Å². The van der Waals surface area contributed by atoms with Gasteiger partial charge >= 0.3 is 12.1 Å². The quantitative estimate of drug-likeness (QED) is 0.144. The van der Waals surface area contributed by atoms with Crippen LogP contribution in [0.5, 0.6) is 0 Å². The zero-order valence-electron chi connectivity index (χ0n) is 30.6. The van der Waals surface area contributed by atoms with E-state index in [-0.39, 0.29) is 18.9 Å². The van der Waals surface area contributed by atoms with Crippen LogP contribution in [0.25, 0.3) is 0 Å². The Morgan fingerprint density at radius 1 is 0.833 bits per heavy atom. The molecule has 0 radical (unpaired) electrons. The average Bonchev–Trinajstić information content (AvgIpc) is 2.96. The monoisotopic (exact) mass is 683 g/mol. The molecule has 0 aliphatic carbocycles. The first-order valence-electron chi connectivity index (χ1n) is 16.9. The predicted molar refractivity (Wildman–Crippen MR) is 194 cm³/mol. The van der Waals surface area contributed by atoms with E-state index in [2.05, 4.69) is 17.6 Å². The van der Waals surface area contributed by atoms with E-state index >= 15 is 0 Å². The second kappa shape index (κ2) is 18.9. The van der Waals surface area contributed by atoms with Gasteiger partial charge in [-0.2, -0.15) is 11.8 Å². The molecule has 0 spiro atoms. The molecule has 2 aromatic carbocycles. The van der Waals surface area contributed by atoms with Crippen LogP contribution < -0.4 is 10.6 Å². The largest absolute Gasteiger partial charge is 0.458 e. The van der Waals surface area contributed by atoms with Crippen LogP contribution >= 0.6 is 11.8 Å². The Morgan fingerprint density at radius 3 is 1.98 bits per heavy atom. The molecule has 0 bridgehead atoms. The van der Waals surface area contributed by atoms with E-state index in [1.165, 1.54) is 0 Å². The lowest BCUT2D eigenvalue weighted by Gasteiger charge is -2.35. The summed E-state index contributed by atoms with van der Waals surface area (Å²) in [5.74, 6) is -0.848. The molecule has 0 saturated heterocycles. The molecule has 0 aliphatic heterocycles. The van der Waals surface area contributed by atoms with Gasteiger partial charge in [0.05, 0.1) is 0 Å². The highest BCUT2D eigenvalue weighted by Crippen LogP contribution is 2.27. The molecule has 266 valence electrons. The number of amides is 3. The van der Waals surface area contributed by atoms with Crippen molar-refractivity contribution in [1.29, 1.82) is 0 Å². The summed E-state index contributed by atoms with van der Waals surface area (Å²) < 4.78 is 11.3. The fourth-order valence-electron chi connectivity index (χ4n) is 5.35. The smallest absolute Gasteiger partial charge is 0.408 e. The number of nitrogens with zero attached hydrogens (tertiary/aromatic N) is 1. The number of alkyl carbamates (subject to hydrolysis) is 1. The van der Waals surface area contributed by atoms with Crippen LogP contribution in [0.4, 0.5) is 4.79 Å². The zero-order valence-corrected chi connectivity index (χ0v) is 31.4. The second-order valence-corrected chi connectivity index (χ2v) is 15.3. The zero-order chi connectivity index (χ0) is 36.1. The first kappa shape index (κ1) is 40.6. The normalized spacial score (nSPS) is 13.5. The summed E-state index contributed by atoms with van der Waals surface area (Å²) in [6.07, 6.45) is 4.19. The molecule has 2 rings (SSSR count). The molecule has 10 heteroatoms. The van der Waals surface area contributed by atoms with Gasteiger partial charge in [0.15, 0.2) is 0 Å². The van der Waals surface area contributed by atoms with Crippen molar-refractivity contribution in [3.8, 4) is 0 Å². The van der Waals surface area contributed by atoms with Gasteiger partial charge in [0.1, 0.15) is 29.3 Å². The van der Waals surface area contributed by atoms with Gasteiger partial charge in [0, 0.05) is 13.0 Å². The average molecular weight is 684 g/mol. The Kier molecular flexibility index (Phi) is 16.0. The summed E-state index contributed by atoms with van der Waals surface area (Å²) in [4.78, 5) is 57.3. The lowest BCUT2D eigenvalue weighted by molar-refractivity contribution is -0.159. The van der Waals surface area contributed by atoms with Crippen LogP contribution in [0, 0.1) is 13.8 Å². The van der Waals surface area contributed by atoms with Crippen molar-refractivity contribution in [2.45, 2.75) is 124 Å². The number of thioether (sulfide) groups is 1. The number of nitrogens with one attached hydrogen (secondary N) is 2. The number of esters is 1. The minimum absolute atomic E-state index is 0.210. The van der Waals surface area contributed by atoms with Crippen molar-refractivity contribution < 1.29 is 28.7 Å². The third-order valence-electron chi connectivity index (χ3n) is 7.30. The van der Waals surface area contributed by atoms with Crippen molar-refractivity contribution in [1.82, 2.24) is 15.5 Å². The molecule has 0 heterocycles. The van der Waals surface area contributed by atoms with Gasteiger partial charge in [-0.15, -0.1) is 0 Å². The summed E-state index contributed by atoms with van der Waals surface area (Å²) in [5, 5.41) is 5.77. The second-order valence-electron chi connectivity index (χ2n) is 14.3. The summed E-state index contributed by atoms with van der Waals surface area (Å²) in [6, 6.07) is 12.2. The van der Waals surface area contributed by atoms with Gasteiger partial charge in [-0.1, -0.05) is 79.4 Å². The van der Waals surface area contributed by atoms with Crippen LogP contribution in [-0.4, -0.2) is 70.6 Å². The van der Waals surface area contributed by atoms with E-state index < -0.39 is 47.3 Å². The fraction of sp³-hybridized carbons (Fsp3) is 0.579. The van der Waals surface area contributed by atoms with E-state index in [0.29, 0.717) is 24.2 Å². The first-order chi connectivity index (χ1) is 22.4. The summed E-state index contributed by atoms with van der Waals surface area (Å²) >= 11 is 1.56. The Bertz CT molecular complexity index is 1330. The van der Waals surface area contributed by atoms with Crippen LogP contribution in [-0.2, 0) is 30.3 Å². The Morgan fingerprint density at radius 2 is 1.44 bits per heavy atom. The SMILES string of the molecule is CCCCCN(C(=O)C(CCSC)NC(=O)OC(C)(C)C)C(C(=O)NC(Cc1ccccc1)C(=O)OC(C)(C)C)c1cc(C)cc(C)c1. The number of hydrogen-bond acceptors (Lipinski definition) is 7. The fourth-order valence-corrected chi connectivity index (χ4v) is 5.82. The number of aryl methyl sites for hydroxylation is 2. The lowest BCUT2D eigenvalue weighted by atomic mass is 9.97. The number of unbranched alkanes of at least 4 members (excludes halogenated alkanes) is 2. The van der Waals surface area contributed by atoms with Crippen molar-refractivity contribution >= 4 is 35.6 Å². The number of carbonyl (C=O) groups is 4. The van der Waals surface area contributed by atoms with Gasteiger partial charge in [0.25, 0.3) is 0 Å². The van der Waals surface area contributed by atoms with Gasteiger partial charge in [-0.25, -0.2) is 9.59 Å². The molecule has 2 N–H and O–H groups in total.